The van der Waals surface area contributed by atoms with E-state index in [1.165, 1.54) is 11.8 Å². The quantitative estimate of drug-likeness (QED) is 0.665. The first kappa shape index (κ1) is 11.7. The van der Waals surface area contributed by atoms with Crippen molar-refractivity contribution in [2.75, 3.05) is 6.26 Å². The number of phenols is 1. The number of hydrogen-bond donors (Lipinski definition) is 1. The van der Waals surface area contributed by atoms with Crippen molar-refractivity contribution in [1.82, 2.24) is 14.9 Å². The number of phenolic OH excluding ortho intramolecular Hbond substituents is 1. The van der Waals surface area contributed by atoms with Crippen molar-refractivity contribution in [2.24, 2.45) is 5.10 Å². The Bertz CT molecular complexity index is 533. The maximum Gasteiger partial charge on any atom is 0.211 e. The van der Waals surface area contributed by atoms with Crippen LogP contribution in [-0.2, 0) is 0 Å². The van der Waals surface area contributed by atoms with Crippen molar-refractivity contribution in [2.45, 2.75) is 12.1 Å². The Morgan fingerprint density at radius 2 is 2.00 bits per heavy atom. The van der Waals surface area contributed by atoms with E-state index in [1.54, 1.807) is 35.2 Å². The van der Waals surface area contributed by atoms with Crippen LogP contribution >= 0.6 is 11.8 Å². The van der Waals surface area contributed by atoms with Crippen molar-refractivity contribution in [3.8, 4) is 5.75 Å². The summed E-state index contributed by atoms with van der Waals surface area (Å²) in [6.45, 7) is 1.85. The maximum atomic E-state index is 9.16. The fourth-order valence-corrected chi connectivity index (χ4v) is 1.76. The minimum Gasteiger partial charge on any atom is -0.508 e. The van der Waals surface area contributed by atoms with Gasteiger partial charge in [-0.15, -0.1) is 10.2 Å². The van der Waals surface area contributed by atoms with E-state index in [1.807, 2.05) is 13.2 Å². The van der Waals surface area contributed by atoms with Crippen LogP contribution in [0.5, 0.6) is 5.75 Å². The van der Waals surface area contributed by atoms with E-state index in [0.717, 1.165) is 16.5 Å². The Morgan fingerprint density at radius 1 is 1.29 bits per heavy atom. The lowest BCUT2D eigenvalue weighted by Gasteiger charge is -1.98. The van der Waals surface area contributed by atoms with Crippen LogP contribution in [0.2, 0.25) is 0 Å². The second-order valence-corrected chi connectivity index (χ2v) is 4.16. The highest BCUT2D eigenvalue weighted by atomic mass is 32.2. The van der Waals surface area contributed by atoms with Crippen LogP contribution in [0.3, 0.4) is 0 Å². The van der Waals surface area contributed by atoms with Gasteiger partial charge in [0.25, 0.3) is 0 Å². The molecule has 2 aromatic rings. The summed E-state index contributed by atoms with van der Waals surface area (Å²) >= 11 is 1.49. The molecule has 0 saturated carbocycles. The van der Waals surface area contributed by atoms with Gasteiger partial charge < -0.3 is 5.11 Å². The highest BCUT2D eigenvalue weighted by Crippen LogP contribution is 2.13. The molecule has 1 aromatic carbocycles. The summed E-state index contributed by atoms with van der Waals surface area (Å²) in [6.07, 6.45) is 3.63. The topological polar surface area (TPSA) is 63.3 Å². The number of aromatic nitrogens is 3. The van der Waals surface area contributed by atoms with Crippen LogP contribution in [0, 0.1) is 6.92 Å². The molecule has 0 aliphatic carbocycles. The summed E-state index contributed by atoms with van der Waals surface area (Å²) in [5.41, 5.74) is 0.906. The molecular weight excluding hydrogens is 236 g/mol. The standard InChI is InChI=1S/C11H12N4OS/c1-8-13-14-11(17-2)15(8)12-7-9-3-5-10(16)6-4-9/h3-7,16H,1-2H3/b12-7-. The van der Waals surface area contributed by atoms with Crippen molar-refractivity contribution in [3.63, 3.8) is 0 Å². The zero-order chi connectivity index (χ0) is 12.3. The molecule has 88 valence electrons. The molecule has 0 spiro atoms. The van der Waals surface area contributed by atoms with Crippen LogP contribution in [0.15, 0.2) is 34.5 Å². The van der Waals surface area contributed by atoms with Gasteiger partial charge in [0, 0.05) is 0 Å². The summed E-state index contributed by atoms with van der Waals surface area (Å²) in [5, 5.41) is 22.1. The number of aryl methyl sites for hydroxylation is 1. The minimum atomic E-state index is 0.243. The van der Waals surface area contributed by atoms with E-state index in [2.05, 4.69) is 15.3 Å². The highest BCUT2D eigenvalue weighted by molar-refractivity contribution is 7.98. The zero-order valence-corrected chi connectivity index (χ0v) is 10.3. The lowest BCUT2D eigenvalue weighted by atomic mass is 10.2. The molecule has 0 unspecified atom stereocenters. The van der Waals surface area contributed by atoms with Crippen LogP contribution in [-0.4, -0.2) is 32.5 Å². The summed E-state index contributed by atoms with van der Waals surface area (Å²) in [6, 6.07) is 6.82. The van der Waals surface area contributed by atoms with Gasteiger partial charge in [-0.05, 0) is 43.0 Å². The van der Waals surface area contributed by atoms with Gasteiger partial charge in [-0.1, -0.05) is 11.8 Å². The molecule has 0 bridgehead atoms. The molecule has 0 aliphatic heterocycles. The molecule has 17 heavy (non-hydrogen) atoms. The van der Waals surface area contributed by atoms with E-state index in [0.29, 0.717) is 0 Å². The lowest BCUT2D eigenvalue weighted by molar-refractivity contribution is 0.475. The van der Waals surface area contributed by atoms with Gasteiger partial charge in [0.2, 0.25) is 5.16 Å². The molecule has 1 N–H and O–H groups in total. The Morgan fingerprint density at radius 3 is 2.65 bits per heavy atom. The first-order chi connectivity index (χ1) is 8.20. The van der Waals surface area contributed by atoms with E-state index in [9.17, 15) is 0 Å². The average molecular weight is 248 g/mol. The van der Waals surface area contributed by atoms with E-state index < -0.39 is 0 Å². The van der Waals surface area contributed by atoms with Crippen molar-refractivity contribution in [3.05, 3.63) is 35.7 Å². The molecule has 0 atom stereocenters. The molecule has 0 amide bonds. The number of rotatable bonds is 3. The summed E-state index contributed by atoms with van der Waals surface area (Å²) in [7, 11) is 0. The number of aromatic hydroxyl groups is 1. The van der Waals surface area contributed by atoms with Crippen LogP contribution in [0.4, 0.5) is 0 Å². The average Bonchev–Trinajstić information content (AvgIpc) is 2.69. The van der Waals surface area contributed by atoms with E-state index >= 15 is 0 Å². The monoisotopic (exact) mass is 248 g/mol. The third-order valence-electron chi connectivity index (χ3n) is 2.17. The molecule has 0 fully saturated rings. The molecule has 1 heterocycles. The van der Waals surface area contributed by atoms with Crippen molar-refractivity contribution in [1.29, 1.82) is 0 Å². The Balaban J connectivity index is 2.25. The molecule has 6 heteroatoms. The summed E-state index contributed by atoms with van der Waals surface area (Å²) in [4.78, 5) is 0. The van der Waals surface area contributed by atoms with Gasteiger partial charge in [0.1, 0.15) is 5.75 Å². The van der Waals surface area contributed by atoms with Gasteiger partial charge in [-0.3, -0.25) is 0 Å². The van der Waals surface area contributed by atoms with E-state index in [4.69, 9.17) is 5.11 Å². The molecule has 0 saturated heterocycles. The Hall–Kier alpha value is -1.82. The third kappa shape index (κ3) is 2.65. The fourth-order valence-electron chi connectivity index (χ4n) is 1.28. The number of benzene rings is 1. The van der Waals surface area contributed by atoms with Crippen LogP contribution in [0.25, 0.3) is 0 Å². The SMILES string of the molecule is CSc1nnc(C)n1/N=C\c1ccc(O)cc1. The van der Waals surface area contributed by atoms with Crippen LogP contribution < -0.4 is 0 Å². The maximum absolute atomic E-state index is 9.16. The molecule has 2 rings (SSSR count). The van der Waals surface area contributed by atoms with Crippen molar-refractivity contribution < 1.29 is 5.11 Å². The second kappa shape index (κ2) is 5.01. The van der Waals surface area contributed by atoms with Gasteiger partial charge in [0.05, 0.1) is 6.21 Å². The first-order valence-electron chi connectivity index (χ1n) is 5.00. The van der Waals surface area contributed by atoms with Crippen molar-refractivity contribution >= 4 is 18.0 Å². The normalized spacial score (nSPS) is 11.2. The molecule has 1 aromatic heterocycles. The third-order valence-corrected chi connectivity index (χ3v) is 2.79. The second-order valence-electron chi connectivity index (χ2n) is 3.38. The van der Waals surface area contributed by atoms with Gasteiger partial charge in [-0.2, -0.15) is 9.78 Å². The minimum absolute atomic E-state index is 0.243. The molecular formula is C11H12N4OS. The highest BCUT2D eigenvalue weighted by Gasteiger charge is 2.05. The van der Waals surface area contributed by atoms with Gasteiger partial charge in [-0.25, -0.2) is 0 Å². The van der Waals surface area contributed by atoms with Gasteiger partial charge >= 0.3 is 0 Å². The smallest absolute Gasteiger partial charge is 0.211 e. The fraction of sp³-hybridized carbons (Fsp3) is 0.182. The lowest BCUT2D eigenvalue weighted by Crippen LogP contribution is -1.95. The molecule has 0 aliphatic rings. The number of nitrogens with zero attached hydrogens (tertiary/aromatic N) is 4. The summed E-state index contributed by atoms with van der Waals surface area (Å²) in [5.74, 6) is 0.983. The predicted molar refractivity (Wildman–Crippen MR) is 67.6 cm³/mol. The van der Waals surface area contributed by atoms with Gasteiger partial charge in [0.15, 0.2) is 5.82 Å². The summed E-state index contributed by atoms with van der Waals surface area (Å²) < 4.78 is 1.68. The predicted octanol–water partition coefficient (Wildman–Crippen LogP) is 1.90. The van der Waals surface area contributed by atoms with Crippen LogP contribution in [0.1, 0.15) is 11.4 Å². The Labute approximate surface area is 103 Å². The number of hydrogen-bond acceptors (Lipinski definition) is 5. The first-order valence-corrected chi connectivity index (χ1v) is 6.22. The molecule has 5 nitrogen and oxygen atoms in total. The van der Waals surface area contributed by atoms with E-state index in [-0.39, 0.29) is 5.75 Å². The Kier molecular flexibility index (Phi) is 3.43. The zero-order valence-electron chi connectivity index (χ0n) is 9.53. The largest absolute Gasteiger partial charge is 0.508 e. The number of thioether (sulfide) groups is 1. The molecule has 0 radical (unpaired) electrons.